The number of sulfonamides is 1. The number of halogens is 2. The second-order valence-corrected chi connectivity index (χ2v) is 12.1. The zero-order chi connectivity index (χ0) is 28.7. The molecule has 0 bridgehead atoms. The lowest BCUT2D eigenvalue weighted by Gasteiger charge is -2.32. The molecule has 3 aromatic rings. The summed E-state index contributed by atoms with van der Waals surface area (Å²) in [5.74, 6) is -1.20. The van der Waals surface area contributed by atoms with Crippen LogP contribution in [0.1, 0.15) is 31.9 Å². The van der Waals surface area contributed by atoms with E-state index in [9.17, 15) is 22.4 Å². The average Bonchev–Trinajstić information content (AvgIpc) is 2.90. The Balaban J connectivity index is 2.00. The third-order valence-electron chi connectivity index (χ3n) is 6.12. The monoisotopic (exact) mass is 573 g/mol. The fourth-order valence-corrected chi connectivity index (χ4v) is 5.34. The van der Waals surface area contributed by atoms with Gasteiger partial charge in [0.1, 0.15) is 18.4 Å². The average molecular weight is 574 g/mol. The Morgan fingerprint density at radius 3 is 2.08 bits per heavy atom. The van der Waals surface area contributed by atoms with Crippen LogP contribution < -0.4 is 9.62 Å². The smallest absolute Gasteiger partial charge is 0.264 e. The van der Waals surface area contributed by atoms with Crippen molar-refractivity contribution in [1.29, 1.82) is 0 Å². The first-order valence-electron chi connectivity index (χ1n) is 12.5. The summed E-state index contributed by atoms with van der Waals surface area (Å²) >= 11 is 5.97. The summed E-state index contributed by atoms with van der Waals surface area (Å²) < 4.78 is 42.1. The van der Waals surface area contributed by atoms with E-state index in [-0.39, 0.29) is 23.3 Å². The standard InChI is InChI=1S/C29H33ClFN3O4S/c1-20(2)17-32-29(36)22(4)33(18-23-7-11-25(31)12-8-23)28(35)19-34(26-13-5-21(3)6-14-26)39(37,38)27-15-9-24(30)10-16-27/h5-16,20,22H,17-19H2,1-4H3,(H,32,36). The van der Waals surface area contributed by atoms with Crippen molar-refractivity contribution in [2.24, 2.45) is 5.92 Å². The van der Waals surface area contributed by atoms with Crippen LogP contribution in [-0.2, 0) is 26.2 Å². The highest BCUT2D eigenvalue weighted by atomic mass is 35.5. The number of amides is 2. The second kappa shape index (κ2) is 13.1. The molecule has 2 amide bonds. The van der Waals surface area contributed by atoms with Crippen LogP contribution in [0.2, 0.25) is 5.02 Å². The number of hydrogen-bond donors (Lipinski definition) is 1. The molecule has 0 saturated heterocycles. The molecule has 39 heavy (non-hydrogen) atoms. The SMILES string of the molecule is Cc1ccc(N(CC(=O)N(Cc2ccc(F)cc2)C(C)C(=O)NCC(C)C)S(=O)(=O)c2ccc(Cl)cc2)cc1. The van der Waals surface area contributed by atoms with Gasteiger partial charge < -0.3 is 10.2 Å². The van der Waals surface area contributed by atoms with Gasteiger partial charge in [-0.3, -0.25) is 13.9 Å². The van der Waals surface area contributed by atoms with Crippen molar-refractivity contribution in [1.82, 2.24) is 10.2 Å². The molecule has 10 heteroatoms. The van der Waals surface area contributed by atoms with E-state index in [4.69, 9.17) is 11.6 Å². The van der Waals surface area contributed by atoms with E-state index in [1.54, 1.807) is 31.2 Å². The molecule has 0 aliphatic heterocycles. The first-order valence-corrected chi connectivity index (χ1v) is 14.4. The van der Waals surface area contributed by atoms with E-state index >= 15 is 0 Å². The maximum Gasteiger partial charge on any atom is 0.264 e. The van der Waals surface area contributed by atoms with Crippen LogP contribution in [0.4, 0.5) is 10.1 Å². The summed E-state index contributed by atoms with van der Waals surface area (Å²) in [6, 6.07) is 17.1. The molecule has 1 atom stereocenters. The van der Waals surface area contributed by atoms with Gasteiger partial charge in [0.05, 0.1) is 10.6 Å². The predicted molar refractivity (Wildman–Crippen MR) is 151 cm³/mol. The van der Waals surface area contributed by atoms with Gasteiger partial charge in [-0.1, -0.05) is 55.3 Å². The van der Waals surface area contributed by atoms with E-state index in [1.807, 2.05) is 20.8 Å². The maximum absolute atomic E-state index is 13.8. The topological polar surface area (TPSA) is 86.8 Å². The molecule has 0 aliphatic carbocycles. The summed E-state index contributed by atoms with van der Waals surface area (Å²) in [5, 5.41) is 3.20. The Kier molecular flexibility index (Phi) is 10.1. The minimum absolute atomic E-state index is 0.0158. The van der Waals surface area contributed by atoms with Gasteiger partial charge in [0.15, 0.2) is 0 Å². The van der Waals surface area contributed by atoms with Gasteiger partial charge in [-0.05, 0) is 73.9 Å². The van der Waals surface area contributed by atoms with Crippen molar-refractivity contribution >= 4 is 39.1 Å². The molecule has 3 rings (SSSR count). The molecule has 0 fully saturated rings. The highest BCUT2D eigenvalue weighted by Crippen LogP contribution is 2.26. The fraction of sp³-hybridized carbons (Fsp3) is 0.310. The summed E-state index contributed by atoms with van der Waals surface area (Å²) in [4.78, 5) is 28.1. The molecule has 1 unspecified atom stereocenters. The molecule has 208 valence electrons. The lowest BCUT2D eigenvalue weighted by molar-refractivity contribution is -0.139. The summed E-state index contributed by atoms with van der Waals surface area (Å²) in [6.07, 6.45) is 0. The summed E-state index contributed by atoms with van der Waals surface area (Å²) in [5.41, 5.74) is 1.81. The Hall–Kier alpha value is -3.43. The fourth-order valence-electron chi connectivity index (χ4n) is 3.80. The molecular formula is C29H33ClFN3O4S. The van der Waals surface area contributed by atoms with Crippen LogP contribution >= 0.6 is 11.6 Å². The Bertz CT molecular complexity index is 1380. The number of carbonyl (C=O) groups is 2. The number of nitrogens with zero attached hydrogens (tertiary/aromatic N) is 2. The Labute approximate surface area is 234 Å². The molecule has 3 aromatic carbocycles. The van der Waals surface area contributed by atoms with E-state index < -0.39 is 34.3 Å². The van der Waals surface area contributed by atoms with Crippen molar-refractivity contribution in [3.63, 3.8) is 0 Å². The molecule has 0 aromatic heterocycles. The number of nitrogens with one attached hydrogen (secondary N) is 1. The molecule has 1 N–H and O–H groups in total. The quantitative estimate of drug-likeness (QED) is 0.343. The van der Waals surface area contributed by atoms with E-state index in [0.29, 0.717) is 22.8 Å². The van der Waals surface area contributed by atoms with Gasteiger partial charge in [0.2, 0.25) is 11.8 Å². The van der Waals surface area contributed by atoms with E-state index in [2.05, 4.69) is 5.32 Å². The van der Waals surface area contributed by atoms with Crippen LogP contribution in [0.25, 0.3) is 0 Å². The van der Waals surface area contributed by atoms with Crippen molar-refractivity contribution in [2.75, 3.05) is 17.4 Å². The molecule has 0 radical (unpaired) electrons. The highest BCUT2D eigenvalue weighted by molar-refractivity contribution is 7.92. The lowest BCUT2D eigenvalue weighted by atomic mass is 10.1. The van der Waals surface area contributed by atoms with Crippen LogP contribution in [-0.4, -0.2) is 44.3 Å². The van der Waals surface area contributed by atoms with Crippen LogP contribution in [0.3, 0.4) is 0 Å². The number of carbonyl (C=O) groups excluding carboxylic acids is 2. The first kappa shape index (κ1) is 30.1. The van der Waals surface area contributed by atoms with Crippen LogP contribution in [0, 0.1) is 18.7 Å². The minimum Gasteiger partial charge on any atom is -0.354 e. The van der Waals surface area contributed by atoms with Crippen molar-refractivity contribution in [3.8, 4) is 0 Å². The van der Waals surface area contributed by atoms with Crippen molar-refractivity contribution in [3.05, 3.63) is 94.8 Å². The number of anilines is 1. The van der Waals surface area contributed by atoms with Crippen LogP contribution in [0.5, 0.6) is 0 Å². The zero-order valence-electron chi connectivity index (χ0n) is 22.4. The Morgan fingerprint density at radius 1 is 0.923 bits per heavy atom. The van der Waals surface area contributed by atoms with Gasteiger partial charge in [0.25, 0.3) is 10.0 Å². The molecule has 0 aliphatic rings. The van der Waals surface area contributed by atoms with Gasteiger partial charge in [-0.25, -0.2) is 12.8 Å². The molecule has 0 heterocycles. The summed E-state index contributed by atoms with van der Waals surface area (Å²) in [6.45, 7) is 7.20. The third kappa shape index (κ3) is 8.03. The molecule has 0 saturated carbocycles. The zero-order valence-corrected chi connectivity index (χ0v) is 24.0. The number of rotatable bonds is 11. The van der Waals surface area contributed by atoms with Gasteiger partial charge in [-0.15, -0.1) is 0 Å². The number of hydrogen-bond acceptors (Lipinski definition) is 4. The summed E-state index contributed by atoms with van der Waals surface area (Å²) in [7, 11) is -4.18. The first-order chi connectivity index (χ1) is 18.4. The van der Waals surface area contributed by atoms with E-state index in [1.165, 1.54) is 53.4 Å². The molecular weight excluding hydrogens is 541 g/mol. The van der Waals surface area contributed by atoms with Gasteiger partial charge >= 0.3 is 0 Å². The molecule has 0 spiro atoms. The van der Waals surface area contributed by atoms with Gasteiger partial charge in [0, 0.05) is 18.1 Å². The second-order valence-electron chi connectivity index (χ2n) is 9.76. The lowest BCUT2D eigenvalue weighted by Crippen LogP contribution is -2.51. The molecule has 7 nitrogen and oxygen atoms in total. The predicted octanol–water partition coefficient (Wildman–Crippen LogP) is 5.17. The maximum atomic E-state index is 13.8. The third-order valence-corrected chi connectivity index (χ3v) is 8.16. The normalized spacial score (nSPS) is 12.2. The van der Waals surface area contributed by atoms with Gasteiger partial charge in [-0.2, -0.15) is 0 Å². The Morgan fingerprint density at radius 2 is 1.51 bits per heavy atom. The minimum atomic E-state index is -4.18. The van der Waals surface area contributed by atoms with Crippen molar-refractivity contribution < 1.29 is 22.4 Å². The van der Waals surface area contributed by atoms with E-state index in [0.717, 1.165) is 9.87 Å². The number of benzene rings is 3. The van der Waals surface area contributed by atoms with Crippen molar-refractivity contribution in [2.45, 2.75) is 45.2 Å². The largest absolute Gasteiger partial charge is 0.354 e. The number of aryl methyl sites for hydroxylation is 1. The highest BCUT2D eigenvalue weighted by Gasteiger charge is 2.32. The van der Waals surface area contributed by atoms with Crippen LogP contribution in [0.15, 0.2) is 77.7 Å².